The number of aromatic nitrogens is 1. The van der Waals surface area contributed by atoms with Gasteiger partial charge in [0.25, 0.3) is 0 Å². The Hall–Kier alpha value is -0.160. The molecular weight excluding hydrogens is 268 g/mol. The molecule has 1 atom stereocenters. The number of nitrogens with zero attached hydrogens (tertiary/aromatic N) is 2. The van der Waals surface area contributed by atoms with Gasteiger partial charge in [-0.3, -0.25) is 0 Å². The van der Waals surface area contributed by atoms with Gasteiger partial charge in [0.05, 0.1) is 22.7 Å². The highest BCUT2D eigenvalue weighted by atomic mass is 35.5. The average Bonchev–Trinajstić information content (AvgIpc) is 3.05. The number of hydrogen-bond acceptors (Lipinski definition) is 4. The van der Waals surface area contributed by atoms with Crippen LogP contribution in [0.5, 0.6) is 0 Å². The lowest BCUT2D eigenvalue weighted by Gasteiger charge is -2.23. The van der Waals surface area contributed by atoms with E-state index in [0.717, 1.165) is 38.4 Å². The first-order valence-electron chi connectivity index (χ1n) is 6.65. The average molecular weight is 289 g/mol. The van der Waals surface area contributed by atoms with E-state index in [2.05, 4.69) is 22.2 Å². The number of alkyl halides is 1. The lowest BCUT2D eigenvalue weighted by molar-refractivity contribution is 0.0752. The van der Waals surface area contributed by atoms with Crippen LogP contribution < -0.4 is 0 Å². The van der Waals surface area contributed by atoms with Crippen LogP contribution in [0, 0.1) is 0 Å². The molecule has 3 nitrogen and oxygen atoms in total. The maximum atomic E-state index is 5.76. The predicted octanol–water partition coefficient (Wildman–Crippen LogP) is 2.93. The molecule has 2 heterocycles. The molecule has 0 saturated carbocycles. The van der Waals surface area contributed by atoms with Crippen molar-refractivity contribution in [2.24, 2.45) is 0 Å². The number of likely N-dealkylation sites (N-methyl/N-ethyl adjacent to an activating group) is 1. The second kappa shape index (κ2) is 7.43. The van der Waals surface area contributed by atoms with Gasteiger partial charge in [-0.05, 0) is 19.4 Å². The third kappa shape index (κ3) is 4.19. The molecule has 2 rings (SSSR count). The summed E-state index contributed by atoms with van der Waals surface area (Å²) in [7, 11) is 0. The molecule has 1 aromatic heterocycles. The Balaban J connectivity index is 1.75. The van der Waals surface area contributed by atoms with Crippen LogP contribution in [0.4, 0.5) is 0 Å². The first-order chi connectivity index (χ1) is 8.81. The molecule has 0 N–H and O–H groups in total. The van der Waals surface area contributed by atoms with E-state index >= 15 is 0 Å². The molecule has 0 radical (unpaired) electrons. The van der Waals surface area contributed by atoms with Crippen LogP contribution in [-0.2, 0) is 17.0 Å². The molecule has 1 aliphatic heterocycles. The van der Waals surface area contributed by atoms with Gasteiger partial charge >= 0.3 is 0 Å². The highest BCUT2D eigenvalue weighted by Gasteiger charge is 2.18. The molecule has 0 bridgehead atoms. The molecule has 0 spiro atoms. The lowest BCUT2D eigenvalue weighted by Crippen LogP contribution is -2.33. The summed E-state index contributed by atoms with van der Waals surface area (Å²) in [5.74, 6) is 0.518. The van der Waals surface area contributed by atoms with Crippen LogP contribution in [0.2, 0.25) is 0 Å². The molecule has 102 valence electrons. The zero-order chi connectivity index (χ0) is 12.8. The smallest absolute Gasteiger partial charge is 0.0941 e. The summed E-state index contributed by atoms with van der Waals surface area (Å²) >= 11 is 7.48. The highest BCUT2D eigenvalue weighted by molar-refractivity contribution is 7.09. The van der Waals surface area contributed by atoms with Crippen LogP contribution >= 0.6 is 22.9 Å². The van der Waals surface area contributed by atoms with Crippen LogP contribution in [0.25, 0.3) is 0 Å². The van der Waals surface area contributed by atoms with Crippen LogP contribution in [0.3, 0.4) is 0 Å². The molecule has 1 unspecified atom stereocenters. The monoisotopic (exact) mass is 288 g/mol. The van der Waals surface area contributed by atoms with E-state index in [1.807, 2.05) is 0 Å². The quantitative estimate of drug-likeness (QED) is 0.722. The molecule has 1 aromatic rings. The summed E-state index contributed by atoms with van der Waals surface area (Å²) in [5, 5.41) is 3.25. The van der Waals surface area contributed by atoms with E-state index < -0.39 is 0 Å². The van der Waals surface area contributed by atoms with Gasteiger partial charge in [0.1, 0.15) is 0 Å². The van der Waals surface area contributed by atoms with Crippen molar-refractivity contribution in [2.45, 2.75) is 38.2 Å². The Labute approximate surface area is 118 Å². The summed E-state index contributed by atoms with van der Waals surface area (Å²) in [5.41, 5.74) is 0.999. The van der Waals surface area contributed by atoms with Gasteiger partial charge in [-0.15, -0.1) is 22.9 Å². The third-order valence-corrected chi connectivity index (χ3v) is 4.54. The standard InChI is InChI=1S/C13H21ClN2OS/c1-2-16(9-12-4-3-7-17-12)6-5-13-15-11(8-14)10-18-13/h10,12H,2-9H2,1H3. The number of rotatable bonds is 7. The zero-order valence-corrected chi connectivity index (χ0v) is 12.5. The molecule has 0 amide bonds. The van der Waals surface area contributed by atoms with Crippen molar-refractivity contribution in [3.05, 3.63) is 16.1 Å². The Kier molecular flexibility index (Phi) is 5.89. The van der Waals surface area contributed by atoms with Gasteiger partial charge < -0.3 is 9.64 Å². The molecule has 0 aromatic carbocycles. The number of thiazole rings is 1. The first kappa shape index (κ1) is 14.3. The Morgan fingerprint density at radius 3 is 3.11 bits per heavy atom. The summed E-state index contributed by atoms with van der Waals surface area (Å²) in [6.45, 7) is 6.35. The normalized spacial score (nSPS) is 19.8. The van der Waals surface area contributed by atoms with E-state index in [9.17, 15) is 0 Å². The van der Waals surface area contributed by atoms with Gasteiger partial charge in [-0.1, -0.05) is 6.92 Å². The van der Waals surface area contributed by atoms with Crippen molar-refractivity contribution in [3.63, 3.8) is 0 Å². The van der Waals surface area contributed by atoms with Crippen molar-refractivity contribution in [3.8, 4) is 0 Å². The van der Waals surface area contributed by atoms with E-state index in [1.54, 1.807) is 11.3 Å². The van der Waals surface area contributed by atoms with Gasteiger partial charge in [-0.25, -0.2) is 4.98 Å². The number of halogens is 1. The number of hydrogen-bond donors (Lipinski definition) is 0. The molecule has 1 aliphatic rings. The fourth-order valence-electron chi connectivity index (χ4n) is 2.23. The van der Waals surface area contributed by atoms with Crippen LogP contribution in [0.1, 0.15) is 30.5 Å². The summed E-state index contributed by atoms with van der Waals surface area (Å²) in [4.78, 5) is 6.95. The molecule has 0 aliphatic carbocycles. The van der Waals surface area contributed by atoms with Crippen LogP contribution in [-0.4, -0.2) is 42.2 Å². The van der Waals surface area contributed by atoms with Crippen molar-refractivity contribution in [2.75, 3.05) is 26.2 Å². The summed E-state index contributed by atoms with van der Waals surface area (Å²) in [6, 6.07) is 0. The lowest BCUT2D eigenvalue weighted by atomic mass is 10.2. The van der Waals surface area contributed by atoms with Gasteiger partial charge in [0, 0.05) is 31.5 Å². The van der Waals surface area contributed by atoms with Crippen molar-refractivity contribution in [1.82, 2.24) is 9.88 Å². The van der Waals surface area contributed by atoms with Gasteiger partial charge in [0.2, 0.25) is 0 Å². The fraction of sp³-hybridized carbons (Fsp3) is 0.769. The minimum atomic E-state index is 0.444. The van der Waals surface area contributed by atoms with Crippen LogP contribution in [0.15, 0.2) is 5.38 Å². The van der Waals surface area contributed by atoms with Crippen molar-refractivity contribution >= 4 is 22.9 Å². The zero-order valence-electron chi connectivity index (χ0n) is 10.9. The molecule has 18 heavy (non-hydrogen) atoms. The predicted molar refractivity (Wildman–Crippen MR) is 76.5 cm³/mol. The van der Waals surface area contributed by atoms with E-state index in [-0.39, 0.29) is 0 Å². The van der Waals surface area contributed by atoms with E-state index in [4.69, 9.17) is 16.3 Å². The summed E-state index contributed by atoms with van der Waals surface area (Å²) in [6.07, 6.45) is 3.89. The van der Waals surface area contributed by atoms with Gasteiger partial charge in [-0.2, -0.15) is 0 Å². The topological polar surface area (TPSA) is 25.4 Å². The van der Waals surface area contributed by atoms with E-state index in [1.165, 1.54) is 17.8 Å². The fourth-order valence-corrected chi connectivity index (χ4v) is 3.25. The molecule has 1 fully saturated rings. The highest BCUT2D eigenvalue weighted by Crippen LogP contribution is 2.15. The largest absolute Gasteiger partial charge is 0.377 e. The Morgan fingerprint density at radius 2 is 2.50 bits per heavy atom. The van der Waals surface area contributed by atoms with Crippen molar-refractivity contribution < 1.29 is 4.74 Å². The van der Waals surface area contributed by atoms with Crippen molar-refractivity contribution in [1.29, 1.82) is 0 Å². The minimum Gasteiger partial charge on any atom is -0.377 e. The van der Waals surface area contributed by atoms with Gasteiger partial charge in [0.15, 0.2) is 0 Å². The molecular formula is C13H21ClN2OS. The first-order valence-corrected chi connectivity index (χ1v) is 8.06. The maximum Gasteiger partial charge on any atom is 0.0941 e. The second-order valence-electron chi connectivity index (χ2n) is 4.64. The third-order valence-electron chi connectivity index (χ3n) is 3.31. The summed E-state index contributed by atoms with van der Waals surface area (Å²) < 4.78 is 5.69. The SMILES string of the molecule is CCN(CCc1nc(CCl)cs1)CC1CCCO1. The second-order valence-corrected chi connectivity index (χ2v) is 5.85. The maximum absolute atomic E-state index is 5.76. The number of ether oxygens (including phenoxy) is 1. The molecule has 1 saturated heterocycles. The minimum absolute atomic E-state index is 0.444. The van der Waals surface area contributed by atoms with E-state index in [0.29, 0.717) is 12.0 Å². The molecule has 5 heteroatoms. The Morgan fingerprint density at radius 1 is 1.61 bits per heavy atom. The Bertz CT molecular complexity index is 353.